The maximum atomic E-state index is 12.3. The molecule has 2 heterocycles. The molecule has 0 spiro atoms. The molecular weight excluding hydrogens is 312 g/mol. The fourth-order valence-electron chi connectivity index (χ4n) is 2.63. The molecule has 3 rings (SSSR count). The number of benzene rings is 1. The monoisotopic (exact) mass is 330 g/mol. The number of aromatic amines is 1. The minimum atomic E-state index is -1.04. The molecule has 1 aliphatic rings. The van der Waals surface area contributed by atoms with E-state index in [0.29, 0.717) is 0 Å². The third kappa shape index (κ3) is 2.97. The van der Waals surface area contributed by atoms with Crippen LogP contribution in [0, 0.1) is 0 Å². The first kappa shape index (κ1) is 16.0. The molecule has 1 atom stereocenters. The second-order valence-electron chi connectivity index (χ2n) is 6.62. The van der Waals surface area contributed by atoms with E-state index >= 15 is 0 Å². The number of nitrogens with one attached hydrogen (secondary N) is 1. The van der Waals surface area contributed by atoms with Crippen molar-refractivity contribution >= 4 is 29.1 Å². The number of hydrogen-bond acceptors (Lipinski definition) is 5. The Kier molecular flexibility index (Phi) is 3.79. The highest BCUT2D eigenvalue weighted by molar-refractivity contribution is 6.04. The number of esters is 1. The van der Waals surface area contributed by atoms with Crippen LogP contribution in [0.5, 0.6) is 0 Å². The molecule has 0 saturated carbocycles. The first-order valence-electron chi connectivity index (χ1n) is 7.59. The molecule has 0 bridgehead atoms. The zero-order chi connectivity index (χ0) is 17.5. The van der Waals surface area contributed by atoms with E-state index in [0.717, 1.165) is 21.4 Å². The Morgan fingerprint density at radius 3 is 2.71 bits per heavy atom. The van der Waals surface area contributed by atoms with Gasteiger partial charge in [0.15, 0.2) is 0 Å². The van der Waals surface area contributed by atoms with Gasteiger partial charge in [-0.05, 0) is 32.4 Å². The van der Waals surface area contributed by atoms with Gasteiger partial charge in [-0.25, -0.2) is 14.4 Å². The number of cyclic esters (lactones) is 2. The lowest BCUT2D eigenvalue weighted by atomic mass is 10.0. The zero-order valence-corrected chi connectivity index (χ0v) is 13.7. The SMILES string of the molecule is CC(C)(C)OC(=O)N1C(=O)OC(=O)C1Cc1c[nH]c2ccccc12. The molecule has 24 heavy (non-hydrogen) atoms. The second kappa shape index (κ2) is 5.67. The lowest BCUT2D eigenvalue weighted by molar-refractivity contribution is -0.135. The Balaban J connectivity index is 1.88. The summed E-state index contributed by atoms with van der Waals surface area (Å²) in [6, 6.07) is 6.54. The van der Waals surface area contributed by atoms with Crippen molar-refractivity contribution in [3.63, 3.8) is 0 Å². The van der Waals surface area contributed by atoms with Crippen molar-refractivity contribution in [3.05, 3.63) is 36.0 Å². The predicted molar refractivity (Wildman–Crippen MR) is 85.4 cm³/mol. The van der Waals surface area contributed by atoms with Crippen molar-refractivity contribution in [2.24, 2.45) is 0 Å². The van der Waals surface area contributed by atoms with Gasteiger partial charge in [0, 0.05) is 23.5 Å². The summed E-state index contributed by atoms with van der Waals surface area (Å²) >= 11 is 0. The van der Waals surface area contributed by atoms with Crippen LogP contribution in [0.1, 0.15) is 26.3 Å². The van der Waals surface area contributed by atoms with Crippen LogP contribution in [0.25, 0.3) is 10.9 Å². The highest BCUT2D eigenvalue weighted by Crippen LogP contribution is 2.25. The van der Waals surface area contributed by atoms with Gasteiger partial charge in [0.05, 0.1) is 0 Å². The quantitative estimate of drug-likeness (QED) is 0.675. The smallest absolute Gasteiger partial charge is 0.427 e. The number of fused-ring (bicyclic) bond motifs is 1. The third-order valence-electron chi connectivity index (χ3n) is 3.65. The van der Waals surface area contributed by atoms with E-state index < -0.39 is 29.8 Å². The van der Waals surface area contributed by atoms with Gasteiger partial charge >= 0.3 is 18.2 Å². The fourth-order valence-corrected chi connectivity index (χ4v) is 2.63. The van der Waals surface area contributed by atoms with E-state index in [9.17, 15) is 14.4 Å². The second-order valence-corrected chi connectivity index (χ2v) is 6.62. The molecule has 1 unspecified atom stereocenters. The summed E-state index contributed by atoms with van der Waals surface area (Å²) in [5.41, 5.74) is 0.943. The van der Waals surface area contributed by atoms with Crippen molar-refractivity contribution in [2.45, 2.75) is 38.8 Å². The number of carbonyl (C=O) groups is 3. The highest BCUT2D eigenvalue weighted by atomic mass is 16.6. The van der Waals surface area contributed by atoms with Crippen molar-refractivity contribution < 1.29 is 23.9 Å². The summed E-state index contributed by atoms with van der Waals surface area (Å²) in [6.45, 7) is 5.05. The number of carbonyl (C=O) groups excluding carboxylic acids is 3. The molecule has 1 aromatic heterocycles. The molecule has 7 nitrogen and oxygen atoms in total. The number of hydrogen-bond donors (Lipinski definition) is 1. The molecule has 1 fully saturated rings. The summed E-state index contributed by atoms with van der Waals surface area (Å²) in [7, 11) is 0. The standard InChI is InChI=1S/C17H18N2O5/c1-17(2,3)24-16(22)19-13(14(20)23-15(19)21)8-10-9-18-12-7-5-4-6-11(10)12/h4-7,9,13,18H,8H2,1-3H3. The molecular formula is C17H18N2O5. The van der Waals surface area contributed by atoms with Gasteiger partial charge in [-0.3, -0.25) is 0 Å². The van der Waals surface area contributed by atoms with Crippen LogP contribution in [0.3, 0.4) is 0 Å². The molecule has 0 aliphatic carbocycles. The van der Waals surface area contributed by atoms with Gasteiger partial charge in [0.1, 0.15) is 11.6 Å². The Bertz CT molecular complexity index is 818. The van der Waals surface area contributed by atoms with E-state index in [-0.39, 0.29) is 6.42 Å². The van der Waals surface area contributed by atoms with Crippen LogP contribution in [0.4, 0.5) is 9.59 Å². The largest absolute Gasteiger partial charge is 0.443 e. The lowest BCUT2D eigenvalue weighted by Crippen LogP contribution is -2.44. The molecule has 2 aromatic rings. The number of imide groups is 1. The number of para-hydroxylation sites is 1. The number of ether oxygens (including phenoxy) is 2. The minimum Gasteiger partial charge on any atom is -0.443 e. The molecule has 7 heteroatoms. The fraction of sp³-hybridized carbons (Fsp3) is 0.353. The van der Waals surface area contributed by atoms with Crippen molar-refractivity contribution in [1.82, 2.24) is 9.88 Å². The first-order chi connectivity index (χ1) is 11.3. The summed E-state index contributed by atoms with van der Waals surface area (Å²) in [5, 5.41) is 0.925. The van der Waals surface area contributed by atoms with E-state index in [1.165, 1.54) is 0 Å². The van der Waals surface area contributed by atoms with Gasteiger partial charge in [0.2, 0.25) is 0 Å². The summed E-state index contributed by atoms with van der Waals surface area (Å²) in [5.74, 6) is -0.754. The topological polar surface area (TPSA) is 88.7 Å². The van der Waals surface area contributed by atoms with E-state index in [1.807, 2.05) is 24.3 Å². The Labute approximate surface area is 138 Å². The van der Waals surface area contributed by atoms with E-state index in [2.05, 4.69) is 9.72 Å². The van der Waals surface area contributed by atoms with Gasteiger partial charge in [-0.1, -0.05) is 18.2 Å². The van der Waals surface area contributed by atoms with Crippen molar-refractivity contribution in [2.75, 3.05) is 0 Å². The number of rotatable bonds is 2. The average molecular weight is 330 g/mol. The number of nitrogens with zero attached hydrogens (tertiary/aromatic N) is 1. The molecule has 2 amide bonds. The molecule has 1 N–H and O–H groups in total. The normalized spacial score (nSPS) is 18.1. The number of amides is 2. The van der Waals surface area contributed by atoms with Crippen LogP contribution < -0.4 is 0 Å². The number of H-pyrrole nitrogens is 1. The average Bonchev–Trinajstić information content (AvgIpc) is 2.99. The van der Waals surface area contributed by atoms with Crippen LogP contribution in [0.15, 0.2) is 30.5 Å². The lowest BCUT2D eigenvalue weighted by Gasteiger charge is -2.24. The van der Waals surface area contributed by atoms with E-state index in [4.69, 9.17) is 4.74 Å². The highest BCUT2D eigenvalue weighted by Gasteiger charge is 2.47. The van der Waals surface area contributed by atoms with Gasteiger partial charge in [0.25, 0.3) is 0 Å². The molecule has 1 aliphatic heterocycles. The predicted octanol–water partition coefficient (Wildman–Crippen LogP) is 2.99. The van der Waals surface area contributed by atoms with Crippen molar-refractivity contribution in [3.8, 4) is 0 Å². The van der Waals surface area contributed by atoms with Crippen LogP contribution in [-0.4, -0.2) is 39.7 Å². The maximum Gasteiger partial charge on any atom is 0.427 e. The van der Waals surface area contributed by atoms with Crippen LogP contribution >= 0.6 is 0 Å². The molecule has 126 valence electrons. The molecule has 0 radical (unpaired) electrons. The van der Waals surface area contributed by atoms with Crippen LogP contribution in [0.2, 0.25) is 0 Å². The van der Waals surface area contributed by atoms with E-state index in [1.54, 1.807) is 27.0 Å². The van der Waals surface area contributed by atoms with Gasteiger partial charge in [-0.15, -0.1) is 0 Å². The van der Waals surface area contributed by atoms with Crippen molar-refractivity contribution in [1.29, 1.82) is 0 Å². The third-order valence-corrected chi connectivity index (χ3v) is 3.65. The summed E-state index contributed by atoms with van der Waals surface area (Å²) < 4.78 is 9.82. The number of aromatic nitrogens is 1. The zero-order valence-electron chi connectivity index (χ0n) is 13.7. The van der Waals surface area contributed by atoms with Crippen LogP contribution in [-0.2, 0) is 20.7 Å². The minimum absolute atomic E-state index is 0.161. The molecule has 1 saturated heterocycles. The summed E-state index contributed by atoms with van der Waals surface area (Å²) in [6.07, 6.45) is 0.0317. The Morgan fingerprint density at radius 1 is 1.29 bits per heavy atom. The summed E-state index contributed by atoms with van der Waals surface area (Å²) in [4.78, 5) is 40.0. The Morgan fingerprint density at radius 2 is 2.00 bits per heavy atom. The van der Waals surface area contributed by atoms with Gasteiger partial charge < -0.3 is 14.5 Å². The molecule has 1 aromatic carbocycles. The van der Waals surface area contributed by atoms with Gasteiger partial charge in [-0.2, -0.15) is 4.90 Å². The first-order valence-corrected chi connectivity index (χ1v) is 7.59. The Hall–Kier alpha value is -2.83. The maximum absolute atomic E-state index is 12.3.